The lowest BCUT2D eigenvalue weighted by molar-refractivity contribution is -0.118. The average molecular weight is 467 g/mol. The molecule has 0 aliphatic heterocycles. The van der Waals surface area contributed by atoms with E-state index in [4.69, 9.17) is 4.74 Å². The fourth-order valence-corrected chi connectivity index (χ4v) is 4.15. The lowest BCUT2D eigenvalue weighted by Crippen LogP contribution is -2.23. The number of hydrogen-bond acceptors (Lipinski definition) is 4. The molecular weight excluding hydrogens is 436 g/mol. The van der Waals surface area contributed by atoms with Crippen molar-refractivity contribution in [1.29, 1.82) is 0 Å². The third-order valence-electron chi connectivity index (χ3n) is 5.65. The van der Waals surface area contributed by atoms with Crippen LogP contribution in [0.2, 0.25) is 0 Å². The van der Waals surface area contributed by atoms with Crippen molar-refractivity contribution < 1.29 is 17.9 Å². The molecule has 0 fully saturated rings. The summed E-state index contributed by atoms with van der Waals surface area (Å²) in [5.74, 6) is 0.289. The summed E-state index contributed by atoms with van der Waals surface area (Å²) in [7, 11) is -3.65. The summed E-state index contributed by atoms with van der Waals surface area (Å²) in [6.45, 7) is 6.58. The first kappa shape index (κ1) is 24.5. The summed E-state index contributed by atoms with van der Waals surface area (Å²) in [5, 5.41) is 2.71. The fraction of sp³-hybridized carbons (Fsp3) is 0.269. The quantitative estimate of drug-likeness (QED) is 0.446. The Balaban J connectivity index is 1.51. The summed E-state index contributed by atoms with van der Waals surface area (Å²) < 4.78 is 33.1. The Morgan fingerprint density at radius 3 is 2.15 bits per heavy atom. The number of carbonyl (C=O) groups excluding carboxylic acids is 1. The molecule has 0 saturated heterocycles. The highest BCUT2D eigenvalue weighted by Crippen LogP contribution is 2.28. The lowest BCUT2D eigenvalue weighted by Gasteiger charge is -2.23. The zero-order chi connectivity index (χ0) is 23.9. The molecule has 1 amide bonds. The van der Waals surface area contributed by atoms with Gasteiger partial charge in [-0.1, -0.05) is 63.2 Å². The zero-order valence-electron chi connectivity index (χ0n) is 19.2. The molecule has 0 aliphatic carbocycles. The van der Waals surface area contributed by atoms with Gasteiger partial charge in [-0.05, 0) is 59.4 Å². The van der Waals surface area contributed by atoms with Gasteiger partial charge in [0.2, 0.25) is 10.0 Å². The average Bonchev–Trinajstić information content (AvgIpc) is 2.83. The van der Waals surface area contributed by atoms with Crippen LogP contribution >= 0.6 is 0 Å². The minimum absolute atomic E-state index is 0.0899. The third-order valence-corrected chi connectivity index (χ3v) is 7.06. The van der Waals surface area contributed by atoms with Crippen LogP contribution in [0.3, 0.4) is 0 Å². The number of benzene rings is 3. The van der Waals surface area contributed by atoms with E-state index < -0.39 is 10.0 Å². The number of amides is 1. The first-order valence-electron chi connectivity index (χ1n) is 10.9. The predicted molar refractivity (Wildman–Crippen MR) is 131 cm³/mol. The smallest absolute Gasteiger partial charge is 0.262 e. The van der Waals surface area contributed by atoms with Crippen molar-refractivity contribution in [3.8, 4) is 5.75 Å². The van der Waals surface area contributed by atoms with Crippen molar-refractivity contribution in [2.75, 3.05) is 11.9 Å². The van der Waals surface area contributed by atoms with E-state index in [0.717, 1.165) is 12.0 Å². The first-order chi connectivity index (χ1) is 15.7. The van der Waals surface area contributed by atoms with Gasteiger partial charge in [-0.2, -0.15) is 0 Å². The van der Waals surface area contributed by atoms with Gasteiger partial charge in [-0.25, -0.2) is 13.1 Å². The molecule has 0 atom stereocenters. The number of nitrogens with one attached hydrogen (secondary N) is 2. The molecule has 6 nitrogen and oxygen atoms in total. The standard InChI is InChI=1S/C26H30N2O4S/c1-4-26(2,3)21-10-14-23(15-11-21)32-19-25(29)28-22-12-16-24(17-13-22)33(30,31)27-18-20-8-6-5-7-9-20/h5-17,27H,4,18-19H2,1-3H3,(H,28,29). The van der Waals surface area contributed by atoms with E-state index >= 15 is 0 Å². The lowest BCUT2D eigenvalue weighted by atomic mass is 9.82. The van der Waals surface area contributed by atoms with Gasteiger partial charge < -0.3 is 10.1 Å². The fourth-order valence-electron chi connectivity index (χ4n) is 3.13. The molecule has 33 heavy (non-hydrogen) atoms. The molecule has 0 heterocycles. The number of carbonyl (C=O) groups is 1. The molecule has 2 N–H and O–H groups in total. The van der Waals surface area contributed by atoms with Crippen LogP contribution in [0, 0.1) is 0 Å². The van der Waals surface area contributed by atoms with Gasteiger partial charge in [0.15, 0.2) is 6.61 Å². The van der Waals surface area contributed by atoms with Crippen LogP contribution < -0.4 is 14.8 Å². The topological polar surface area (TPSA) is 84.5 Å². The highest BCUT2D eigenvalue weighted by atomic mass is 32.2. The molecule has 0 unspecified atom stereocenters. The summed E-state index contributed by atoms with van der Waals surface area (Å²) in [6.07, 6.45) is 1.03. The van der Waals surface area contributed by atoms with Crippen LogP contribution in [-0.2, 0) is 26.8 Å². The molecule has 0 aliphatic rings. The van der Waals surface area contributed by atoms with Gasteiger partial charge in [-0.3, -0.25) is 4.79 Å². The Kier molecular flexibility index (Phi) is 7.89. The van der Waals surface area contributed by atoms with Crippen molar-refractivity contribution in [1.82, 2.24) is 4.72 Å². The van der Waals surface area contributed by atoms with E-state index in [1.807, 2.05) is 54.6 Å². The monoisotopic (exact) mass is 466 g/mol. The molecule has 7 heteroatoms. The maximum atomic E-state index is 12.5. The molecule has 0 spiro atoms. The predicted octanol–water partition coefficient (Wildman–Crippen LogP) is 4.87. The molecule has 3 aromatic rings. The van der Waals surface area contributed by atoms with Gasteiger partial charge >= 0.3 is 0 Å². The molecule has 0 saturated carbocycles. The van der Waals surface area contributed by atoms with Crippen molar-refractivity contribution >= 4 is 21.6 Å². The van der Waals surface area contributed by atoms with Gasteiger partial charge in [-0.15, -0.1) is 0 Å². The van der Waals surface area contributed by atoms with Gasteiger partial charge in [0.05, 0.1) is 4.90 Å². The van der Waals surface area contributed by atoms with Crippen LogP contribution in [0.5, 0.6) is 5.75 Å². The van der Waals surface area contributed by atoms with E-state index in [2.05, 4.69) is 30.8 Å². The van der Waals surface area contributed by atoms with E-state index in [-0.39, 0.29) is 29.4 Å². The molecule has 0 radical (unpaired) electrons. The highest BCUT2D eigenvalue weighted by Gasteiger charge is 2.18. The Morgan fingerprint density at radius 1 is 0.909 bits per heavy atom. The summed E-state index contributed by atoms with van der Waals surface area (Å²) in [4.78, 5) is 12.4. The second kappa shape index (κ2) is 10.6. The van der Waals surface area contributed by atoms with Crippen LogP contribution in [0.1, 0.15) is 38.3 Å². The molecule has 0 aromatic heterocycles. The molecule has 0 bridgehead atoms. The third kappa shape index (κ3) is 6.91. The Labute approximate surface area is 196 Å². The molecular formula is C26H30N2O4S. The van der Waals surface area contributed by atoms with Crippen LogP contribution in [0.4, 0.5) is 5.69 Å². The second-order valence-electron chi connectivity index (χ2n) is 8.43. The van der Waals surface area contributed by atoms with Crippen LogP contribution in [-0.4, -0.2) is 20.9 Å². The Morgan fingerprint density at radius 2 is 1.55 bits per heavy atom. The van der Waals surface area contributed by atoms with Crippen molar-refractivity contribution in [2.45, 2.75) is 44.0 Å². The molecule has 174 valence electrons. The van der Waals surface area contributed by atoms with E-state index in [1.165, 1.54) is 17.7 Å². The Bertz CT molecular complexity index is 1160. The van der Waals surface area contributed by atoms with Crippen LogP contribution in [0.25, 0.3) is 0 Å². The molecule has 3 rings (SSSR count). The summed E-state index contributed by atoms with van der Waals surface area (Å²) >= 11 is 0. The first-order valence-corrected chi connectivity index (χ1v) is 12.3. The maximum Gasteiger partial charge on any atom is 0.262 e. The van der Waals surface area contributed by atoms with Gasteiger partial charge in [0.1, 0.15) is 5.75 Å². The zero-order valence-corrected chi connectivity index (χ0v) is 20.0. The normalized spacial score (nSPS) is 11.7. The minimum atomic E-state index is -3.65. The number of hydrogen-bond donors (Lipinski definition) is 2. The SMILES string of the molecule is CCC(C)(C)c1ccc(OCC(=O)Nc2ccc(S(=O)(=O)NCc3ccccc3)cc2)cc1. The molecule has 3 aromatic carbocycles. The van der Waals surface area contributed by atoms with Gasteiger partial charge in [0, 0.05) is 12.2 Å². The van der Waals surface area contributed by atoms with E-state index in [9.17, 15) is 13.2 Å². The van der Waals surface area contributed by atoms with E-state index in [1.54, 1.807) is 12.1 Å². The largest absolute Gasteiger partial charge is 0.484 e. The number of sulfonamides is 1. The maximum absolute atomic E-state index is 12.5. The Hall–Kier alpha value is -3.16. The minimum Gasteiger partial charge on any atom is -0.484 e. The number of ether oxygens (including phenoxy) is 1. The number of anilines is 1. The van der Waals surface area contributed by atoms with Crippen LogP contribution in [0.15, 0.2) is 83.8 Å². The number of rotatable bonds is 10. The van der Waals surface area contributed by atoms with E-state index in [0.29, 0.717) is 11.4 Å². The van der Waals surface area contributed by atoms with Crippen molar-refractivity contribution in [2.24, 2.45) is 0 Å². The van der Waals surface area contributed by atoms with Gasteiger partial charge in [0.25, 0.3) is 5.91 Å². The van der Waals surface area contributed by atoms with Crippen molar-refractivity contribution in [3.05, 3.63) is 90.0 Å². The highest BCUT2D eigenvalue weighted by molar-refractivity contribution is 7.89. The summed E-state index contributed by atoms with van der Waals surface area (Å²) in [5.41, 5.74) is 2.67. The second-order valence-corrected chi connectivity index (χ2v) is 10.2. The van der Waals surface area contributed by atoms with Crippen molar-refractivity contribution in [3.63, 3.8) is 0 Å². The summed E-state index contributed by atoms with van der Waals surface area (Å²) in [6, 6.07) is 23.1.